The summed E-state index contributed by atoms with van der Waals surface area (Å²) < 4.78 is 5.26. The third kappa shape index (κ3) is 9.26. The Kier molecular flexibility index (Phi) is 9.39. The molecule has 0 unspecified atom stereocenters. The van der Waals surface area contributed by atoms with E-state index in [0.717, 1.165) is 24.8 Å². The van der Waals surface area contributed by atoms with Crippen molar-refractivity contribution in [2.24, 2.45) is 5.10 Å². The van der Waals surface area contributed by atoms with Crippen LogP contribution in [0.1, 0.15) is 44.1 Å². The third-order valence-electron chi connectivity index (χ3n) is 3.15. The van der Waals surface area contributed by atoms with Crippen LogP contribution in [0.2, 0.25) is 0 Å². The van der Waals surface area contributed by atoms with Crippen molar-refractivity contribution >= 4 is 18.1 Å². The number of carbonyl (C=O) groups is 2. The first-order valence-corrected chi connectivity index (χ1v) is 7.82. The van der Waals surface area contributed by atoms with Crippen LogP contribution < -0.4 is 10.2 Å². The van der Waals surface area contributed by atoms with Gasteiger partial charge in [0, 0.05) is 12.8 Å². The standard InChI is InChI=1S/C18H22N2O4/c1-2-13-24-16-11-9-15(10-12-16)14-19-20-17(21)7-5-3-4-6-8-18(22)23/h1,9-12,14H,3-8,13H2,(H,20,21)(H,22,23)/b19-14+. The molecule has 0 spiro atoms. The van der Waals surface area contributed by atoms with E-state index in [4.69, 9.17) is 16.3 Å². The molecule has 6 nitrogen and oxygen atoms in total. The van der Waals surface area contributed by atoms with Gasteiger partial charge in [-0.25, -0.2) is 5.43 Å². The lowest BCUT2D eigenvalue weighted by molar-refractivity contribution is -0.137. The number of unbranched alkanes of at least 4 members (excludes halogenated alkanes) is 3. The van der Waals surface area contributed by atoms with Crippen LogP contribution in [0.5, 0.6) is 5.75 Å². The molecule has 0 saturated carbocycles. The Morgan fingerprint density at radius 1 is 1.17 bits per heavy atom. The summed E-state index contributed by atoms with van der Waals surface area (Å²) in [6, 6.07) is 7.17. The van der Waals surface area contributed by atoms with Gasteiger partial charge in [-0.3, -0.25) is 9.59 Å². The molecule has 24 heavy (non-hydrogen) atoms. The number of hydrogen-bond donors (Lipinski definition) is 2. The van der Waals surface area contributed by atoms with Gasteiger partial charge >= 0.3 is 5.97 Å². The lowest BCUT2D eigenvalue weighted by atomic mass is 10.1. The molecule has 0 heterocycles. The second kappa shape index (κ2) is 11.7. The second-order valence-electron chi connectivity index (χ2n) is 5.16. The third-order valence-corrected chi connectivity index (χ3v) is 3.15. The van der Waals surface area contributed by atoms with Gasteiger partial charge in [0.2, 0.25) is 5.91 Å². The normalized spacial score (nSPS) is 10.3. The Hall–Kier alpha value is -2.81. The van der Waals surface area contributed by atoms with Crippen LogP contribution in [0.3, 0.4) is 0 Å². The summed E-state index contributed by atoms with van der Waals surface area (Å²) in [5.41, 5.74) is 3.30. The summed E-state index contributed by atoms with van der Waals surface area (Å²) in [5.74, 6) is 2.13. The van der Waals surface area contributed by atoms with E-state index in [9.17, 15) is 9.59 Å². The SMILES string of the molecule is C#CCOc1ccc(/C=N/NC(=O)CCCCCCC(=O)O)cc1. The maximum absolute atomic E-state index is 11.6. The number of aliphatic carboxylic acids is 1. The number of carboxylic acid groups (broad SMARTS) is 1. The van der Waals surface area contributed by atoms with E-state index in [2.05, 4.69) is 16.4 Å². The lowest BCUT2D eigenvalue weighted by Crippen LogP contribution is -2.16. The molecule has 0 aliphatic heterocycles. The van der Waals surface area contributed by atoms with Gasteiger partial charge in [0.1, 0.15) is 12.4 Å². The molecular weight excluding hydrogens is 308 g/mol. The Balaban J connectivity index is 2.18. The number of rotatable bonds is 11. The van der Waals surface area contributed by atoms with Gasteiger partial charge < -0.3 is 9.84 Å². The largest absolute Gasteiger partial charge is 0.481 e. The van der Waals surface area contributed by atoms with Crippen LogP contribution in [-0.2, 0) is 9.59 Å². The number of terminal acetylenes is 1. The number of hydrogen-bond acceptors (Lipinski definition) is 4. The molecule has 1 amide bonds. The smallest absolute Gasteiger partial charge is 0.303 e. The zero-order valence-corrected chi connectivity index (χ0v) is 13.5. The highest BCUT2D eigenvalue weighted by molar-refractivity contribution is 5.82. The average molecular weight is 330 g/mol. The van der Waals surface area contributed by atoms with Crippen molar-refractivity contribution in [2.75, 3.05) is 6.61 Å². The van der Waals surface area contributed by atoms with Crippen molar-refractivity contribution < 1.29 is 19.4 Å². The summed E-state index contributed by atoms with van der Waals surface area (Å²) in [6.07, 6.45) is 10.3. The van der Waals surface area contributed by atoms with Crippen molar-refractivity contribution in [1.82, 2.24) is 5.43 Å². The monoisotopic (exact) mass is 330 g/mol. The van der Waals surface area contributed by atoms with Crippen molar-refractivity contribution in [3.63, 3.8) is 0 Å². The number of carbonyl (C=O) groups excluding carboxylic acids is 1. The first kappa shape index (κ1) is 19.2. The van der Waals surface area contributed by atoms with Gasteiger partial charge in [0.05, 0.1) is 6.21 Å². The van der Waals surface area contributed by atoms with Crippen LogP contribution in [0, 0.1) is 12.3 Å². The minimum Gasteiger partial charge on any atom is -0.481 e. The maximum Gasteiger partial charge on any atom is 0.303 e. The van der Waals surface area contributed by atoms with Crippen LogP contribution in [-0.4, -0.2) is 29.8 Å². The van der Waals surface area contributed by atoms with Crippen molar-refractivity contribution in [3.8, 4) is 18.1 Å². The quantitative estimate of drug-likeness (QED) is 0.282. The molecule has 0 atom stereocenters. The van der Waals surface area contributed by atoms with Gasteiger partial charge in [0.15, 0.2) is 0 Å². The lowest BCUT2D eigenvalue weighted by Gasteiger charge is -2.02. The Morgan fingerprint density at radius 3 is 2.46 bits per heavy atom. The number of benzene rings is 1. The predicted octanol–water partition coefficient (Wildman–Crippen LogP) is 2.57. The summed E-state index contributed by atoms with van der Waals surface area (Å²) in [5, 5.41) is 12.4. The molecule has 1 aromatic rings. The number of ether oxygens (including phenoxy) is 1. The molecule has 0 aromatic heterocycles. The Morgan fingerprint density at radius 2 is 1.83 bits per heavy atom. The summed E-state index contributed by atoms with van der Waals surface area (Å²) in [7, 11) is 0. The number of amides is 1. The van der Waals surface area contributed by atoms with E-state index in [0.29, 0.717) is 18.6 Å². The van der Waals surface area contributed by atoms with Crippen LogP contribution >= 0.6 is 0 Å². The fraction of sp³-hybridized carbons (Fsp3) is 0.389. The minimum atomic E-state index is -0.780. The highest BCUT2D eigenvalue weighted by Gasteiger charge is 2.00. The number of carboxylic acids is 1. The molecule has 1 rings (SSSR count). The first-order valence-electron chi connectivity index (χ1n) is 7.82. The van der Waals surface area contributed by atoms with E-state index >= 15 is 0 Å². The topological polar surface area (TPSA) is 88.0 Å². The summed E-state index contributed by atoms with van der Waals surface area (Å²) >= 11 is 0. The molecule has 0 aliphatic rings. The predicted molar refractivity (Wildman–Crippen MR) is 91.8 cm³/mol. The number of hydrazone groups is 1. The highest BCUT2D eigenvalue weighted by Crippen LogP contribution is 2.10. The fourth-order valence-corrected chi connectivity index (χ4v) is 1.93. The summed E-state index contributed by atoms with van der Waals surface area (Å²) in [6.45, 7) is 0.222. The van der Waals surface area contributed by atoms with Crippen LogP contribution in [0.15, 0.2) is 29.4 Å². The maximum atomic E-state index is 11.6. The van der Waals surface area contributed by atoms with Gasteiger partial charge in [-0.2, -0.15) is 5.10 Å². The van der Waals surface area contributed by atoms with Crippen molar-refractivity contribution in [3.05, 3.63) is 29.8 Å². The van der Waals surface area contributed by atoms with Crippen LogP contribution in [0.4, 0.5) is 0 Å². The molecule has 1 aromatic carbocycles. The van der Waals surface area contributed by atoms with Crippen LogP contribution in [0.25, 0.3) is 0 Å². The summed E-state index contributed by atoms with van der Waals surface area (Å²) in [4.78, 5) is 21.9. The minimum absolute atomic E-state index is 0.154. The van der Waals surface area contributed by atoms with E-state index in [1.807, 2.05) is 12.1 Å². The fourth-order valence-electron chi connectivity index (χ4n) is 1.93. The van der Waals surface area contributed by atoms with E-state index in [1.165, 1.54) is 0 Å². The van der Waals surface area contributed by atoms with E-state index in [1.54, 1.807) is 18.3 Å². The zero-order chi connectivity index (χ0) is 17.6. The van der Waals surface area contributed by atoms with Gasteiger partial charge in [-0.05, 0) is 42.7 Å². The molecule has 2 N–H and O–H groups in total. The molecule has 0 aliphatic carbocycles. The molecular formula is C18H22N2O4. The highest BCUT2D eigenvalue weighted by atomic mass is 16.5. The Labute approximate surface area is 141 Å². The van der Waals surface area contributed by atoms with Gasteiger partial charge in [-0.15, -0.1) is 6.42 Å². The van der Waals surface area contributed by atoms with Gasteiger partial charge in [-0.1, -0.05) is 18.8 Å². The zero-order valence-electron chi connectivity index (χ0n) is 13.5. The Bertz CT molecular complexity index is 588. The molecule has 0 saturated heterocycles. The molecule has 6 heteroatoms. The number of nitrogens with one attached hydrogen (secondary N) is 1. The van der Waals surface area contributed by atoms with E-state index < -0.39 is 5.97 Å². The van der Waals surface area contributed by atoms with Crippen molar-refractivity contribution in [1.29, 1.82) is 0 Å². The second-order valence-corrected chi connectivity index (χ2v) is 5.16. The molecule has 0 bridgehead atoms. The number of nitrogens with zero attached hydrogens (tertiary/aromatic N) is 1. The first-order chi connectivity index (χ1) is 11.6. The molecule has 0 fully saturated rings. The molecule has 128 valence electrons. The van der Waals surface area contributed by atoms with Crippen molar-refractivity contribution in [2.45, 2.75) is 38.5 Å². The average Bonchev–Trinajstić information content (AvgIpc) is 2.57. The van der Waals surface area contributed by atoms with E-state index in [-0.39, 0.29) is 18.9 Å². The van der Waals surface area contributed by atoms with Gasteiger partial charge in [0.25, 0.3) is 0 Å². The molecule has 0 radical (unpaired) electrons.